The van der Waals surface area contributed by atoms with Gasteiger partial charge in [-0.15, -0.1) is 0 Å². The number of nitrogens with one attached hydrogen (secondary N) is 2. The van der Waals surface area contributed by atoms with Crippen LogP contribution < -0.4 is 10.6 Å². The molecule has 0 spiro atoms. The minimum atomic E-state index is 0.491. The number of guanidine groups is 1. The fourth-order valence-electron chi connectivity index (χ4n) is 4.35. The summed E-state index contributed by atoms with van der Waals surface area (Å²) in [6.45, 7) is 5.96. The monoisotopic (exact) mass is 380 g/mol. The summed E-state index contributed by atoms with van der Waals surface area (Å²) in [6, 6.07) is 11.5. The van der Waals surface area contributed by atoms with Crippen LogP contribution in [0.4, 0.5) is 0 Å². The van der Waals surface area contributed by atoms with Crippen molar-refractivity contribution < 1.29 is 0 Å². The van der Waals surface area contributed by atoms with Crippen molar-refractivity contribution in [2.45, 2.75) is 57.7 Å². The highest BCUT2D eigenvalue weighted by Crippen LogP contribution is 2.26. The molecule has 1 aromatic carbocycles. The molecule has 0 radical (unpaired) electrons. The molecule has 0 amide bonds. The van der Waals surface area contributed by atoms with Crippen molar-refractivity contribution in [3.05, 3.63) is 48.3 Å². The fourth-order valence-corrected chi connectivity index (χ4v) is 4.35. The van der Waals surface area contributed by atoms with Crippen molar-refractivity contribution in [3.63, 3.8) is 0 Å². The highest BCUT2D eigenvalue weighted by atomic mass is 15.3. The Morgan fingerprint density at radius 3 is 2.79 bits per heavy atom. The first-order valence-corrected chi connectivity index (χ1v) is 10.7. The molecule has 1 unspecified atom stereocenters. The van der Waals surface area contributed by atoms with E-state index in [0.717, 1.165) is 36.3 Å². The predicted molar refractivity (Wildman–Crippen MR) is 114 cm³/mol. The SMILES string of the molecule is CCNC(=NCc1cnn(-c2ccccc2)c1)NC1CCN(C2CCCC2)C1. The van der Waals surface area contributed by atoms with Crippen molar-refractivity contribution in [1.82, 2.24) is 25.3 Å². The second kappa shape index (κ2) is 9.24. The van der Waals surface area contributed by atoms with E-state index in [0.29, 0.717) is 12.6 Å². The van der Waals surface area contributed by atoms with Crippen LogP contribution in [-0.2, 0) is 6.54 Å². The van der Waals surface area contributed by atoms with Gasteiger partial charge in [0, 0.05) is 43.5 Å². The molecule has 2 fully saturated rings. The molecular weight excluding hydrogens is 348 g/mol. The summed E-state index contributed by atoms with van der Waals surface area (Å²) in [4.78, 5) is 7.48. The van der Waals surface area contributed by atoms with Crippen molar-refractivity contribution in [3.8, 4) is 5.69 Å². The Morgan fingerprint density at radius 1 is 1.18 bits per heavy atom. The van der Waals surface area contributed by atoms with Gasteiger partial charge in [0.05, 0.1) is 18.4 Å². The summed E-state index contributed by atoms with van der Waals surface area (Å²) in [7, 11) is 0. The van der Waals surface area contributed by atoms with Crippen molar-refractivity contribution in [1.29, 1.82) is 0 Å². The van der Waals surface area contributed by atoms with Crippen LogP contribution >= 0.6 is 0 Å². The van der Waals surface area contributed by atoms with Gasteiger partial charge in [-0.25, -0.2) is 9.67 Å². The molecule has 0 bridgehead atoms. The minimum Gasteiger partial charge on any atom is -0.357 e. The Balaban J connectivity index is 1.34. The van der Waals surface area contributed by atoms with Crippen LogP contribution in [0.2, 0.25) is 0 Å². The molecule has 1 atom stereocenters. The van der Waals surface area contributed by atoms with Crippen molar-refractivity contribution in [2.75, 3.05) is 19.6 Å². The molecule has 2 heterocycles. The highest BCUT2D eigenvalue weighted by molar-refractivity contribution is 5.80. The third kappa shape index (κ3) is 4.73. The van der Waals surface area contributed by atoms with Crippen molar-refractivity contribution >= 4 is 5.96 Å². The van der Waals surface area contributed by atoms with Gasteiger partial charge in [0.25, 0.3) is 0 Å². The summed E-state index contributed by atoms with van der Waals surface area (Å²) in [5.74, 6) is 0.910. The first-order valence-electron chi connectivity index (χ1n) is 10.7. The normalized spacial score (nSPS) is 21.3. The Kier molecular flexibility index (Phi) is 6.27. The Labute approximate surface area is 168 Å². The second-order valence-electron chi connectivity index (χ2n) is 7.89. The zero-order valence-electron chi connectivity index (χ0n) is 16.8. The molecule has 1 aliphatic heterocycles. The van der Waals surface area contributed by atoms with E-state index in [1.54, 1.807) is 0 Å². The van der Waals surface area contributed by atoms with Gasteiger partial charge in [0.2, 0.25) is 0 Å². The molecule has 1 aliphatic carbocycles. The van der Waals surface area contributed by atoms with E-state index in [1.807, 2.05) is 29.1 Å². The number of hydrogen-bond acceptors (Lipinski definition) is 3. The summed E-state index contributed by atoms with van der Waals surface area (Å²) >= 11 is 0. The van der Waals surface area contributed by atoms with E-state index >= 15 is 0 Å². The third-order valence-electron chi connectivity index (χ3n) is 5.82. The average molecular weight is 381 g/mol. The zero-order chi connectivity index (χ0) is 19.2. The van der Waals surface area contributed by atoms with Gasteiger partial charge < -0.3 is 10.6 Å². The molecule has 28 heavy (non-hydrogen) atoms. The van der Waals surface area contributed by atoms with Crippen LogP contribution in [0.3, 0.4) is 0 Å². The Bertz CT molecular complexity index is 762. The summed E-state index contributed by atoms with van der Waals surface area (Å²) in [5.41, 5.74) is 2.18. The summed E-state index contributed by atoms with van der Waals surface area (Å²) in [5, 5.41) is 11.5. The Hall–Kier alpha value is -2.34. The first kappa shape index (κ1) is 19.0. The van der Waals surface area contributed by atoms with Gasteiger partial charge >= 0.3 is 0 Å². The minimum absolute atomic E-state index is 0.491. The maximum atomic E-state index is 4.80. The Morgan fingerprint density at radius 2 is 2.00 bits per heavy atom. The topological polar surface area (TPSA) is 57.5 Å². The fraction of sp³-hybridized carbons (Fsp3) is 0.545. The lowest BCUT2D eigenvalue weighted by atomic mass is 10.2. The number of aromatic nitrogens is 2. The molecule has 2 N–H and O–H groups in total. The van der Waals surface area contributed by atoms with E-state index in [2.05, 4.69) is 45.9 Å². The van der Waals surface area contributed by atoms with Gasteiger partial charge in [-0.2, -0.15) is 5.10 Å². The van der Waals surface area contributed by atoms with E-state index in [4.69, 9.17) is 4.99 Å². The van der Waals surface area contributed by atoms with Gasteiger partial charge in [-0.3, -0.25) is 4.90 Å². The smallest absolute Gasteiger partial charge is 0.191 e. The molecule has 1 saturated heterocycles. The van der Waals surface area contributed by atoms with E-state index < -0.39 is 0 Å². The number of nitrogens with zero attached hydrogens (tertiary/aromatic N) is 4. The standard InChI is InChI=1S/C22H32N6/c1-2-23-22(26-19-12-13-27(17-19)20-8-6-7-9-20)24-14-18-15-25-28(16-18)21-10-4-3-5-11-21/h3-5,10-11,15-16,19-20H,2,6-9,12-14,17H2,1H3,(H2,23,24,26). The van der Waals surface area contributed by atoms with E-state index in [-0.39, 0.29) is 0 Å². The molecule has 1 saturated carbocycles. The average Bonchev–Trinajstić information content (AvgIpc) is 3.48. The maximum Gasteiger partial charge on any atom is 0.191 e. The molecule has 6 heteroatoms. The van der Waals surface area contributed by atoms with Gasteiger partial charge in [0.1, 0.15) is 0 Å². The zero-order valence-corrected chi connectivity index (χ0v) is 16.8. The lowest BCUT2D eigenvalue weighted by Gasteiger charge is -2.24. The largest absolute Gasteiger partial charge is 0.357 e. The lowest BCUT2D eigenvalue weighted by Crippen LogP contribution is -2.45. The number of likely N-dealkylation sites (tertiary alicyclic amines) is 1. The number of aliphatic imine (C=N–C) groups is 1. The second-order valence-corrected chi connectivity index (χ2v) is 7.89. The van der Waals surface area contributed by atoms with Crippen molar-refractivity contribution in [2.24, 2.45) is 4.99 Å². The number of hydrogen-bond donors (Lipinski definition) is 2. The third-order valence-corrected chi connectivity index (χ3v) is 5.82. The highest BCUT2D eigenvalue weighted by Gasteiger charge is 2.30. The molecule has 150 valence electrons. The van der Waals surface area contributed by atoms with Crippen LogP contribution in [0.15, 0.2) is 47.7 Å². The summed E-state index contributed by atoms with van der Waals surface area (Å²) < 4.78 is 1.90. The van der Waals surface area contributed by atoms with Crippen LogP contribution in [0.25, 0.3) is 5.69 Å². The summed E-state index contributed by atoms with van der Waals surface area (Å²) in [6.07, 6.45) is 10.7. The molecule has 4 rings (SSSR count). The molecule has 1 aromatic heterocycles. The quantitative estimate of drug-likeness (QED) is 0.598. The number of rotatable bonds is 6. The van der Waals surface area contributed by atoms with Gasteiger partial charge in [0.15, 0.2) is 5.96 Å². The molecule has 6 nitrogen and oxygen atoms in total. The van der Waals surface area contributed by atoms with E-state index in [1.165, 1.54) is 38.6 Å². The number of benzene rings is 1. The molecule has 2 aliphatic rings. The molecular formula is C22H32N6. The molecule has 2 aromatic rings. The van der Waals surface area contributed by atoms with Crippen LogP contribution in [-0.4, -0.2) is 52.4 Å². The maximum absolute atomic E-state index is 4.80. The van der Waals surface area contributed by atoms with Crippen LogP contribution in [0, 0.1) is 0 Å². The predicted octanol–water partition coefficient (Wildman–Crippen LogP) is 2.94. The first-order chi connectivity index (χ1) is 13.8. The van der Waals surface area contributed by atoms with Gasteiger partial charge in [-0.05, 0) is 38.3 Å². The lowest BCUT2D eigenvalue weighted by molar-refractivity contribution is 0.242. The van der Waals surface area contributed by atoms with Crippen LogP contribution in [0.1, 0.15) is 44.6 Å². The van der Waals surface area contributed by atoms with Gasteiger partial charge in [-0.1, -0.05) is 31.0 Å². The number of para-hydroxylation sites is 1. The van der Waals surface area contributed by atoms with Crippen LogP contribution in [0.5, 0.6) is 0 Å². The van der Waals surface area contributed by atoms with E-state index in [9.17, 15) is 0 Å².